The summed E-state index contributed by atoms with van der Waals surface area (Å²) >= 11 is 3.35. The van der Waals surface area contributed by atoms with E-state index in [2.05, 4.69) is 15.9 Å². The predicted molar refractivity (Wildman–Crippen MR) is 102 cm³/mol. The molecule has 0 bridgehead atoms. The standard InChI is InChI=1S/C19H18BrNO5/c1-3-24-15-9-12(4-5-14(15)21)18(22)13(20)6-11-7-16(23-2)19-17(8-11)25-10-26-19/h4-9H,3,10,21H2,1-2H3/b13-6+. The number of methoxy groups -OCH3 is 1. The van der Waals surface area contributed by atoms with Crippen molar-refractivity contribution in [3.05, 3.63) is 45.9 Å². The monoisotopic (exact) mass is 419 g/mol. The van der Waals surface area contributed by atoms with Crippen molar-refractivity contribution >= 4 is 33.5 Å². The van der Waals surface area contributed by atoms with E-state index in [-0.39, 0.29) is 12.6 Å². The Morgan fingerprint density at radius 1 is 1.27 bits per heavy atom. The van der Waals surface area contributed by atoms with Gasteiger partial charge in [0.05, 0.1) is 23.9 Å². The summed E-state index contributed by atoms with van der Waals surface area (Å²) in [7, 11) is 1.55. The molecule has 0 spiro atoms. The van der Waals surface area contributed by atoms with Crippen molar-refractivity contribution < 1.29 is 23.7 Å². The molecule has 3 rings (SSSR count). The van der Waals surface area contributed by atoms with Crippen LogP contribution in [-0.2, 0) is 0 Å². The van der Waals surface area contributed by atoms with Crippen molar-refractivity contribution in [2.75, 3.05) is 26.2 Å². The van der Waals surface area contributed by atoms with Gasteiger partial charge in [0.2, 0.25) is 12.5 Å². The quantitative estimate of drug-likeness (QED) is 0.432. The number of hydrogen-bond acceptors (Lipinski definition) is 6. The Hall–Kier alpha value is -2.67. The molecule has 26 heavy (non-hydrogen) atoms. The molecule has 0 unspecified atom stereocenters. The molecule has 0 saturated carbocycles. The highest BCUT2D eigenvalue weighted by Crippen LogP contribution is 2.42. The van der Waals surface area contributed by atoms with E-state index in [1.54, 1.807) is 43.5 Å². The molecule has 0 saturated heterocycles. The third-order valence-electron chi connectivity index (χ3n) is 3.77. The molecule has 1 aliphatic rings. The van der Waals surface area contributed by atoms with Crippen LogP contribution in [0.15, 0.2) is 34.8 Å². The molecule has 2 aromatic rings. The maximum atomic E-state index is 12.7. The minimum absolute atomic E-state index is 0.143. The fraction of sp³-hybridized carbons (Fsp3) is 0.211. The molecular formula is C19H18BrNO5. The Bertz CT molecular complexity index is 878. The lowest BCUT2D eigenvalue weighted by Gasteiger charge is -2.09. The fourth-order valence-corrected chi connectivity index (χ4v) is 3.03. The van der Waals surface area contributed by atoms with Gasteiger partial charge in [0, 0.05) is 5.56 Å². The number of benzene rings is 2. The van der Waals surface area contributed by atoms with Gasteiger partial charge in [-0.3, -0.25) is 4.79 Å². The molecule has 0 atom stereocenters. The number of nitrogen functional groups attached to an aromatic ring is 1. The number of ether oxygens (including phenoxy) is 4. The number of carbonyl (C=O) groups excluding carboxylic acids is 1. The van der Waals surface area contributed by atoms with Crippen LogP contribution >= 0.6 is 15.9 Å². The normalized spacial score (nSPS) is 12.8. The summed E-state index contributed by atoms with van der Waals surface area (Å²) in [5.74, 6) is 1.98. The number of allylic oxidation sites excluding steroid dienone is 1. The van der Waals surface area contributed by atoms with Crippen LogP contribution < -0.4 is 24.7 Å². The highest BCUT2D eigenvalue weighted by Gasteiger charge is 2.20. The zero-order chi connectivity index (χ0) is 18.7. The summed E-state index contributed by atoms with van der Waals surface area (Å²) < 4.78 is 21.9. The second-order valence-corrected chi connectivity index (χ2v) is 6.32. The number of carbonyl (C=O) groups is 1. The predicted octanol–water partition coefficient (Wildman–Crippen LogP) is 4.02. The number of fused-ring (bicyclic) bond motifs is 1. The minimum atomic E-state index is -0.192. The minimum Gasteiger partial charge on any atom is -0.493 e. The van der Waals surface area contributed by atoms with Gasteiger partial charge in [-0.1, -0.05) is 0 Å². The van der Waals surface area contributed by atoms with E-state index in [0.717, 1.165) is 5.56 Å². The molecule has 0 amide bonds. The smallest absolute Gasteiger partial charge is 0.231 e. The second-order valence-electron chi connectivity index (χ2n) is 5.46. The van der Waals surface area contributed by atoms with Gasteiger partial charge in [0.15, 0.2) is 17.3 Å². The van der Waals surface area contributed by atoms with Crippen LogP contribution in [0.5, 0.6) is 23.0 Å². The summed E-state index contributed by atoms with van der Waals surface area (Å²) in [6.07, 6.45) is 1.70. The van der Waals surface area contributed by atoms with Gasteiger partial charge in [-0.25, -0.2) is 0 Å². The first kappa shape index (κ1) is 18.1. The van der Waals surface area contributed by atoms with Crippen LogP contribution in [0.25, 0.3) is 6.08 Å². The van der Waals surface area contributed by atoms with Gasteiger partial charge < -0.3 is 24.7 Å². The molecule has 0 fully saturated rings. The highest BCUT2D eigenvalue weighted by atomic mass is 79.9. The van der Waals surface area contributed by atoms with Crippen molar-refractivity contribution in [3.63, 3.8) is 0 Å². The van der Waals surface area contributed by atoms with Crippen LogP contribution in [0.2, 0.25) is 0 Å². The Labute approximate surface area is 159 Å². The van der Waals surface area contributed by atoms with Crippen molar-refractivity contribution in [1.82, 2.24) is 0 Å². The Morgan fingerprint density at radius 3 is 2.81 bits per heavy atom. The topological polar surface area (TPSA) is 80.0 Å². The Balaban J connectivity index is 1.90. The van der Waals surface area contributed by atoms with Crippen molar-refractivity contribution in [1.29, 1.82) is 0 Å². The summed E-state index contributed by atoms with van der Waals surface area (Å²) in [6, 6.07) is 8.51. The molecule has 2 N–H and O–H groups in total. The van der Waals surface area contributed by atoms with Gasteiger partial charge in [-0.05, 0) is 64.8 Å². The first-order valence-corrected chi connectivity index (χ1v) is 8.74. The fourth-order valence-electron chi connectivity index (χ4n) is 2.54. The molecule has 0 radical (unpaired) electrons. The van der Waals surface area contributed by atoms with Gasteiger partial charge in [0.25, 0.3) is 0 Å². The zero-order valence-electron chi connectivity index (χ0n) is 14.4. The van der Waals surface area contributed by atoms with Gasteiger partial charge in [-0.2, -0.15) is 0 Å². The van der Waals surface area contributed by atoms with Crippen LogP contribution in [0, 0.1) is 0 Å². The lowest BCUT2D eigenvalue weighted by atomic mass is 10.1. The van der Waals surface area contributed by atoms with Gasteiger partial charge >= 0.3 is 0 Å². The maximum absolute atomic E-state index is 12.7. The first-order chi connectivity index (χ1) is 12.5. The highest BCUT2D eigenvalue weighted by molar-refractivity contribution is 9.12. The molecule has 0 aliphatic carbocycles. The maximum Gasteiger partial charge on any atom is 0.231 e. The summed E-state index contributed by atoms with van der Waals surface area (Å²) in [5, 5.41) is 0. The SMILES string of the molecule is CCOc1cc(C(=O)/C(Br)=C\c2cc(OC)c3c(c2)OCO3)ccc1N. The van der Waals surface area contributed by atoms with E-state index in [4.69, 9.17) is 24.7 Å². The molecule has 2 aromatic carbocycles. The van der Waals surface area contributed by atoms with E-state index in [9.17, 15) is 4.79 Å². The molecule has 1 heterocycles. The lowest BCUT2D eigenvalue weighted by molar-refractivity contribution is 0.104. The van der Waals surface area contributed by atoms with Crippen molar-refractivity contribution in [2.24, 2.45) is 0 Å². The lowest BCUT2D eigenvalue weighted by Crippen LogP contribution is -2.02. The van der Waals surface area contributed by atoms with Crippen LogP contribution in [-0.4, -0.2) is 26.3 Å². The summed E-state index contributed by atoms with van der Waals surface area (Å²) in [4.78, 5) is 12.7. The first-order valence-electron chi connectivity index (χ1n) is 7.95. The average molecular weight is 420 g/mol. The van der Waals surface area contributed by atoms with Crippen LogP contribution in [0.4, 0.5) is 5.69 Å². The summed E-state index contributed by atoms with van der Waals surface area (Å²) in [6.45, 7) is 2.47. The number of halogens is 1. The number of Topliss-reactive ketones (excluding diaryl/α,β-unsaturated/α-hetero) is 1. The Kier molecular flexibility index (Phi) is 5.37. The van der Waals surface area contributed by atoms with Crippen LogP contribution in [0.1, 0.15) is 22.8 Å². The number of nitrogens with two attached hydrogens (primary N) is 1. The molecule has 0 aromatic heterocycles. The third kappa shape index (κ3) is 3.62. The Morgan fingerprint density at radius 2 is 2.08 bits per heavy atom. The third-order valence-corrected chi connectivity index (χ3v) is 4.36. The van der Waals surface area contributed by atoms with Crippen molar-refractivity contribution in [2.45, 2.75) is 6.92 Å². The van der Waals surface area contributed by atoms with E-state index < -0.39 is 0 Å². The van der Waals surface area contributed by atoms with E-state index in [1.807, 2.05) is 6.92 Å². The van der Waals surface area contributed by atoms with Crippen LogP contribution in [0.3, 0.4) is 0 Å². The summed E-state index contributed by atoms with van der Waals surface area (Å²) in [5.41, 5.74) is 7.56. The molecule has 1 aliphatic heterocycles. The zero-order valence-corrected chi connectivity index (χ0v) is 16.0. The second kappa shape index (κ2) is 7.70. The number of anilines is 1. The number of ketones is 1. The molecule has 136 valence electrons. The van der Waals surface area contributed by atoms with Gasteiger partial charge in [-0.15, -0.1) is 0 Å². The molecular weight excluding hydrogens is 402 g/mol. The molecule has 6 nitrogen and oxygen atoms in total. The largest absolute Gasteiger partial charge is 0.493 e. The average Bonchev–Trinajstić information content (AvgIpc) is 3.11. The van der Waals surface area contributed by atoms with Gasteiger partial charge in [0.1, 0.15) is 5.75 Å². The number of hydrogen-bond donors (Lipinski definition) is 1. The number of rotatable bonds is 6. The van der Waals surface area contributed by atoms with E-state index >= 15 is 0 Å². The van der Waals surface area contributed by atoms with E-state index in [1.165, 1.54) is 0 Å². The molecule has 7 heteroatoms. The van der Waals surface area contributed by atoms with E-state index in [0.29, 0.717) is 45.3 Å². The van der Waals surface area contributed by atoms with Crippen molar-refractivity contribution in [3.8, 4) is 23.0 Å².